The molecule has 45 heavy (non-hydrogen) atoms. The van der Waals surface area contributed by atoms with Crippen LogP contribution in [0.15, 0.2) is 121 Å². The SMILES string of the molecule is CCCc1ccccc1-c1cc2c(cc1C)C(C)(C)c1cc3c(cc1-2)C1CC=CC=C1N3c1ccc(-c2ccc(F)cc2)cc1. The zero-order chi connectivity index (χ0) is 30.9. The second-order valence-electron chi connectivity index (χ2n) is 13.4. The number of allylic oxidation sites excluding steroid dienone is 4. The number of fused-ring (bicyclic) bond motifs is 6. The van der Waals surface area contributed by atoms with Crippen molar-refractivity contribution < 1.29 is 4.39 Å². The van der Waals surface area contributed by atoms with Gasteiger partial charge < -0.3 is 4.90 Å². The molecule has 0 bridgehead atoms. The molecule has 0 N–H and O–H groups in total. The smallest absolute Gasteiger partial charge is 0.123 e. The summed E-state index contributed by atoms with van der Waals surface area (Å²) in [6, 6.07) is 34.4. The number of hydrogen-bond donors (Lipinski definition) is 0. The van der Waals surface area contributed by atoms with Crippen molar-refractivity contribution in [1.82, 2.24) is 0 Å². The molecule has 0 radical (unpaired) electrons. The molecule has 0 saturated heterocycles. The Balaban J connectivity index is 1.26. The summed E-state index contributed by atoms with van der Waals surface area (Å²) in [5.41, 5.74) is 18.3. The highest BCUT2D eigenvalue weighted by molar-refractivity contribution is 5.91. The maximum Gasteiger partial charge on any atom is 0.123 e. The summed E-state index contributed by atoms with van der Waals surface area (Å²) in [6.07, 6.45) is 10.0. The van der Waals surface area contributed by atoms with Crippen LogP contribution in [0.25, 0.3) is 33.4 Å². The normalized spacial score (nSPS) is 17.0. The maximum atomic E-state index is 13.5. The molecule has 0 amide bonds. The Morgan fingerprint density at radius 3 is 2.22 bits per heavy atom. The van der Waals surface area contributed by atoms with Gasteiger partial charge in [0, 0.05) is 22.7 Å². The quantitative estimate of drug-likeness (QED) is 0.198. The van der Waals surface area contributed by atoms with Crippen molar-refractivity contribution in [2.45, 2.75) is 58.3 Å². The Morgan fingerprint density at radius 1 is 0.778 bits per heavy atom. The van der Waals surface area contributed by atoms with E-state index in [1.807, 2.05) is 12.1 Å². The summed E-state index contributed by atoms with van der Waals surface area (Å²) in [5, 5.41) is 0. The minimum absolute atomic E-state index is 0.107. The molecule has 222 valence electrons. The fourth-order valence-electron chi connectivity index (χ4n) is 7.98. The number of aryl methyl sites for hydroxylation is 2. The maximum absolute atomic E-state index is 13.5. The molecule has 1 nitrogen and oxygen atoms in total. The Labute approximate surface area is 266 Å². The first-order valence-electron chi connectivity index (χ1n) is 16.3. The van der Waals surface area contributed by atoms with Crippen molar-refractivity contribution >= 4 is 11.4 Å². The lowest BCUT2D eigenvalue weighted by Crippen LogP contribution is -2.17. The summed E-state index contributed by atoms with van der Waals surface area (Å²) in [7, 11) is 0. The van der Waals surface area contributed by atoms with Crippen LogP contribution in [0.3, 0.4) is 0 Å². The van der Waals surface area contributed by atoms with Crippen LogP contribution in [-0.2, 0) is 11.8 Å². The van der Waals surface area contributed by atoms with E-state index in [2.05, 4.69) is 124 Å². The summed E-state index contributed by atoms with van der Waals surface area (Å²) in [4.78, 5) is 2.47. The molecule has 1 heterocycles. The summed E-state index contributed by atoms with van der Waals surface area (Å²) >= 11 is 0. The van der Waals surface area contributed by atoms with Gasteiger partial charge in [0.2, 0.25) is 0 Å². The van der Waals surface area contributed by atoms with E-state index >= 15 is 0 Å². The third-order valence-electron chi connectivity index (χ3n) is 10.3. The van der Waals surface area contributed by atoms with Gasteiger partial charge in [-0.05, 0) is 130 Å². The largest absolute Gasteiger partial charge is 0.313 e. The number of nitrogens with zero attached hydrogens (tertiary/aromatic N) is 1. The molecule has 5 aromatic rings. The third kappa shape index (κ3) is 4.34. The van der Waals surface area contributed by atoms with Crippen molar-refractivity contribution in [2.24, 2.45) is 0 Å². The Kier molecular flexibility index (Phi) is 6.46. The van der Waals surface area contributed by atoms with Crippen LogP contribution in [0.1, 0.15) is 67.3 Å². The molecule has 0 aromatic heterocycles. The van der Waals surface area contributed by atoms with Gasteiger partial charge in [-0.3, -0.25) is 0 Å². The van der Waals surface area contributed by atoms with Crippen molar-refractivity contribution in [2.75, 3.05) is 4.90 Å². The zero-order valence-electron chi connectivity index (χ0n) is 26.5. The predicted molar refractivity (Wildman–Crippen MR) is 187 cm³/mol. The Hall–Kier alpha value is -4.69. The van der Waals surface area contributed by atoms with E-state index in [9.17, 15) is 4.39 Å². The highest BCUT2D eigenvalue weighted by Gasteiger charge is 2.41. The summed E-state index contributed by atoms with van der Waals surface area (Å²) in [5.74, 6) is 0.118. The van der Waals surface area contributed by atoms with Crippen molar-refractivity contribution in [1.29, 1.82) is 0 Å². The fourth-order valence-corrected chi connectivity index (χ4v) is 7.98. The van der Waals surface area contributed by atoms with E-state index in [0.717, 1.165) is 36.1 Å². The van der Waals surface area contributed by atoms with E-state index < -0.39 is 0 Å². The highest BCUT2D eigenvalue weighted by atomic mass is 19.1. The van der Waals surface area contributed by atoms with Gasteiger partial charge in [0.05, 0.1) is 5.69 Å². The Morgan fingerprint density at radius 2 is 1.47 bits per heavy atom. The minimum atomic E-state index is -0.210. The molecular formula is C43H38FN. The molecule has 0 saturated carbocycles. The molecule has 3 aliphatic rings. The molecule has 1 aliphatic heterocycles. The lowest BCUT2D eigenvalue weighted by atomic mass is 9.80. The van der Waals surface area contributed by atoms with Crippen molar-refractivity contribution in [3.63, 3.8) is 0 Å². The second-order valence-corrected chi connectivity index (χ2v) is 13.4. The number of rotatable bonds is 5. The van der Waals surface area contributed by atoms with Crippen LogP contribution in [0.2, 0.25) is 0 Å². The topological polar surface area (TPSA) is 3.24 Å². The van der Waals surface area contributed by atoms with Gasteiger partial charge in [-0.25, -0.2) is 4.39 Å². The number of anilines is 2. The third-order valence-corrected chi connectivity index (χ3v) is 10.3. The van der Waals surface area contributed by atoms with Gasteiger partial charge in [-0.2, -0.15) is 0 Å². The van der Waals surface area contributed by atoms with Crippen LogP contribution >= 0.6 is 0 Å². The molecule has 1 unspecified atom stereocenters. The van der Waals surface area contributed by atoms with Crippen molar-refractivity contribution in [3.05, 3.63) is 155 Å². The minimum Gasteiger partial charge on any atom is -0.313 e. The molecule has 1 atom stereocenters. The summed E-state index contributed by atoms with van der Waals surface area (Å²) in [6.45, 7) is 9.32. The van der Waals surface area contributed by atoms with E-state index in [4.69, 9.17) is 0 Å². The average Bonchev–Trinajstić information content (AvgIpc) is 3.48. The average molecular weight is 588 g/mol. The van der Waals surface area contributed by atoms with Gasteiger partial charge in [0.15, 0.2) is 0 Å². The monoisotopic (exact) mass is 587 g/mol. The number of hydrogen-bond acceptors (Lipinski definition) is 1. The first kappa shape index (κ1) is 27.8. The molecule has 2 heteroatoms. The first-order valence-corrected chi connectivity index (χ1v) is 16.3. The fraction of sp³-hybridized carbons (Fsp3) is 0.209. The van der Waals surface area contributed by atoms with E-state index in [0.29, 0.717) is 5.92 Å². The lowest BCUT2D eigenvalue weighted by Gasteiger charge is -2.26. The van der Waals surface area contributed by atoms with E-state index in [1.165, 1.54) is 73.6 Å². The predicted octanol–water partition coefficient (Wildman–Crippen LogP) is 11.8. The van der Waals surface area contributed by atoms with Gasteiger partial charge in [-0.15, -0.1) is 0 Å². The molecule has 5 aromatic carbocycles. The lowest BCUT2D eigenvalue weighted by molar-refractivity contribution is 0.628. The summed E-state index contributed by atoms with van der Waals surface area (Å²) < 4.78 is 13.5. The van der Waals surface area contributed by atoms with E-state index in [1.54, 1.807) is 0 Å². The van der Waals surface area contributed by atoms with E-state index in [-0.39, 0.29) is 11.2 Å². The molecule has 0 fully saturated rings. The molecular weight excluding hydrogens is 549 g/mol. The number of halogens is 1. The van der Waals surface area contributed by atoms with Crippen molar-refractivity contribution in [3.8, 4) is 33.4 Å². The zero-order valence-corrected chi connectivity index (χ0v) is 26.5. The van der Waals surface area contributed by atoms with Gasteiger partial charge in [0.1, 0.15) is 5.82 Å². The van der Waals surface area contributed by atoms with Crippen LogP contribution in [-0.4, -0.2) is 0 Å². The molecule has 0 spiro atoms. The highest BCUT2D eigenvalue weighted by Crippen LogP contribution is 2.57. The second kappa shape index (κ2) is 10.4. The molecule has 8 rings (SSSR count). The van der Waals surface area contributed by atoms with Crippen LogP contribution < -0.4 is 4.90 Å². The van der Waals surface area contributed by atoms with Gasteiger partial charge in [0.25, 0.3) is 0 Å². The van der Waals surface area contributed by atoms with Crippen LogP contribution in [0.5, 0.6) is 0 Å². The number of benzene rings is 5. The molecule has 2 aliphatic carbocycles. The van der Waals surface area contributed by atoms with Crippen LogP contribution in [0, 0.1) is 12.7 Å². The standard InChI is InChI=1S/C43H38FN/c1-5-10-30-11-6-7-12-33(30)35-24-36-37-25-38-34-13-8-9-14-41(34)45(42(38)26-40(37)43(3,4)39(36)23-27(35)2)32-21-17-29(18-22-32)28-15-19-31(44)20-16-28/h6-9,11-12,14-26,34H,5,10,13H2,1-4H3. The Bertz CT molecular complexity index is 2020. The van der Waals surface area contributed by atoms with Crippen LogP contribution in [0.4, 0.5) is 15.8 Å². The van der Waals surface area contributed by atoms with Gasteiger partial charge >= 0.3 is 0 Å². The van der Waals surface area contributed by atoms with Gasteiger partial charge in [-0.1, -0.05) is 93.9 Å². The first-order chi connectivity index (χ1) is 21.8.